The molecule has 1 aromatic heterocycles. The summed E-state index contributed by atoms with van der Waals surface area (Å²) in [7, 11) is 0. The minimum Gasteiger partial charge on any atom is -0.494 e. The maximum absolute atomic E-state index is 5.58. The van der Waals surface area contributed by atoms with Crippen LogP contribution in [0.25, 0.3) is 0 Å². The Balaban J connectivity index is 1.61. The summed E-state index contributed by atoms with van der Waals surface area (Å²) in [6.07, 6.45) is 4.41. The average Bonchev–Trinajstić information content (AvgIpc) is 3.12. The molecule has 0 atom stereocenters. The van der Waals surface area contributed by atoms with E-state index in [1.807, 2.05) is 42.5 Å². The van der Waals surface area contributed by atoms with E-state index in [1.165, 1.54) is 5.56 Å². The minimum absolute atomic E-state index is 0.732. The smallest absolute Gasteiger partial charge is 0.212 e. The van der Waals surface area contributed by atoms with E-state index in [1.54, 1.807) is 29.0 Å². The predicted octanol–water partition coefficient (Wildman–Crippen LogP) is 4.24. The fourth-order valence-corrected chi connectivity index (χ4v) is 2.93. The first kappa shape index (κ1) is 17.2. The van der Waals surface area contributed by atoms with Crippen molar-refractivity contribution in [1.82, 2.24) is 14.9 Å². The molecule has 0 unspecified atom stereocenters. The fraction of sp³-hybridized carbons (Fsp3) is 0.211. The van der Waals surface area contributed by atoms with Gasteiger partial charge in [0.25, 0.3) is 0 Å². The van der Waals surface area contributed by atoms with Crippen LogP contribution in [0.3, 0.4) is 0 Å². The summed E-state index contributed by atoms with van der Waals surface area (Å²) in [5, 5.41) is 13.3. The highest BCUT2D eigenvalue weighted by Gasteiger charge is 2.04. The Hall–Kier alpha value is -2.60. The molecule has 0 spiro atoms. The van der Waals surface area contributed by atoms with Crippen molar-refractivity contribution in [3.63, 3.8) is 0 Å². The van der Waals surface area contributed by atoms with Gasteiger partial charge < -0.3 is 4.74 Å². The third kappa shape index (κ3) is 5.19. The first-order valence-electron chi connectivity index (χ1n) is 8.19. The molecule has 3 rings (SSSR count). The molecule has 5 nitrogen and oxygen atoms in total. The van der Waals surface area contributed by atoms with Crippen molar-refractivity contribution in [2.75, 3.05) is 6.61 Å². The van der Waals surface area contributed by atoms with Crippen LogP contribution in [0.5, 0.6) is 5.75 Å². The Morgan fingerprint density at radius 2 is 1.92 bits per heavy atom. The molecular formula is C19H20N4OS. The molecule has 0 saturated carbocycles. The zero-order valence-corrected chi connectivity index (χ0v) is 14.9. The van der Waals surface area contributed by atoms with Crippen molar-refractivity contribution < 1.29 is 4.74 Å². The van der Waals surface area contributed by atoms with Gasteiger partial charge in [-0.2, -0.15) is 9.78 Å². The van der Waals surface area contributed by atoms with Gasteiger partial charge in [0.15, 0.2) is 0 Å². The minimum atomic E-state index is 0.732. The Morgan fingerprint density at radius 3 is 2.68 bits per heavy atom. The van der Waals surface area contributed by atoms with Gasteiger partial charge in [0.05, 0.1) is 12.8 Å². The van der Waals surface area contributed by atoms with Gasteiger partial charge in [0, 0.05) is 5.75 Å². The number of aromatic nitrogens is 3. The van der Waals surface area contributed by atoms with Gasteiger partial charge in [-0.3, -0.25) is 0 Å². The lowest BCUT2D eigenvalue weighted by molar-refractivity contribution is 0.317. The summed E-state index contributed by atoms with van der Waals surface area (Å²) in [4.78, 5) is 0. The van der Waals surface area contributed by atoms with Crippen molar-refractivity contribution >= 4 is 18.0 Å². The van der Waals surface area contributed by atoms with E-state index >= 15 is 0 Å². The van der Waals surface area contributed by atoms with E-state index in [2.05, 4.69) is 34.4 Å². The number of nitrogens with zero attached hydrogens (tertiary/aromatic N) is 4. The monoisotopic (exact) mass is 352 g/mol. The summed E-state index contributed by atoms with van der Waals surface area (Å²) in [6.45, 7) is 2.82. The first-order valence-corrected chi connectivity index (χ1v) is 9.17. The highest BCUT2D eigenvalue weighted by atomic mass is 32.2. The highest BCUT2D eigenvalue weighted by Crippen LogP contribution is 2.20. The van der Waals surface area contributed by atoms with E-state index in [-0.39, 0.29) is 0 Å². The van der Waals surface area contributed by atoms with Crippen molar-refractivity contribution in [1.29, 1.82) is 0 Å². The summed E-state index contributed by atoms with van der Waals surface area (Å²) in [6, 6.07) is 18.1. The Bertz CT molecular complexity index is 800. The lowest BCUT2D eigenvalue weighted by Gasteiger charge is -2.04. The SMILES string of the molecule is CCCOc1ccc(C=Nn2cnnc2SCc2ccccc2)cc1. The molecule has 2 aromatic carbocycles. The number of hydrogen-bond donors (Lipinski definition) is 0. The maximum Gasteiger partial charge on any atom is 0.212 e. The Kier molecular flexibility index (Phi) is 6.23. The molecular weight excluding hydrogens is 332 g/mol. The van der Waals surface area contributed by atoms with Crippen LogP contribution < -0.4 is 4.74 Å². The van der Waals surface area contributed by atoms with Crippen molar-refractivity contribution in [2.45, 2.75) is 24.3 Å². The lowest BCUT2D eigenvalue weighted by atomic mass is 10.2. The zero-order chi connectivity index (χ0) is 17.3. The summed E-state index contributed by atoms with van der Waals surface area (Å²) in [5.74, 6) is 1.71. The topological polar surface area (TPSA) is 52.3 Å². The molecule has 0 aliphatic heterocycles. The summed E-state index contributed by atoms with van der Waals surface area (Å²) >= 11 is 1.61. The molecule has 0 fully saturated rings. The van der Waals surface area contributed by atoms with Gasteiger partial charge in [-0.05, 0) is 41.8 Å². The molecule has 128 valence electrons. The third-order valence-corrected chi connectivity index (χ3v) is 4.40. The standard InChI is InChI=1S/C19H20N4OS/c1-2-12-24-18-10-8-16(9-11-18)13-21-23-15-20-22-19(23)25-14-17-6-4-3-5-7-17/h3-11,13,15H,2,12,14H2,1H3. The van der Waals surface area contributed by atoms with Crippen LogP contribution in [0.1, 0.15) is 24.5 Å². The van der Waals surface area contributed by atoms with E-state index in [0.29, 0.717) is 0 Å². The molecule has 0 aliphatic rings. The van der Waals surface area contributed by atoms with Crippen LogP contribution in [0, 0.1) is 0 Å². The molecule has 3 aromatic rings. The first-order chi connectivity index (χ1) is 12.3. The fourth-order valence-electron chi connectivity index (χ4n) is 2.11. The zero-order valence-electron chi connectivity index (χ0n) is 14.1. The predicted molar refractivity (Wildman–Crippen MR) is 101 cm³/mol. The van der Waals surface area contributed by atoms with Crippen molar-refractivity contribution in [2.24, 2.45) is 5.10 Å². The van der Waals surface area contributed by atoms with Gasteiger partial charge in [-0.1, -0.05) is 49.0 Å². The highest BCUT2D eigenvalue weighted by molar-refractivity contribution is 7.98. The van der Waals surface area contributed by atoms with Crippen LogP contribution in [0.4, 0.5) is 0 Å². The van der Waals surface area contributed by atoms with Crippen LogP contribution in [0.2, 0.25) is 0 Å². The van der Waals surface area contributed by atoms with E-state index in [9.17, 15) is 0 Å². The number of hydrogen-bond acceptors (Lipinski definition) is 5. The van der Waals surface area contributed by atoms with Gasteiger partial charge >= 0.3 is 0 Å². The summed E-state index contributed by atoms with van der Waals surface area (Å²) in [5.41, 5.74) is 2.24. The van der Waals surface area contributed by atoms with E-state index < -0.39 is 0 Å². The number of thioether (sulfide) groups is 1. The second-order valence-electron chi connectivity index (χ2n) is 5.39. The number of ether oxygens (including phenoxy) is 1. The quantitative estimate of drug-likeness (QED) is 0.449. The van der Waals surface area contributed by atoms with Gasteiger partial charge in [-0.15, -0.1) is 10.2 Å². The van der Waals surface area contributed by atoms with Crippen LogP contribution in [-0.4, -0.2) is 27.7 Å². The molecule has 0 amide bonds. The van der Waals surface area contributed by atoms with Crippen molar-refractivity contribution in [3.8, 4) is 5.75 Å². The molecule has 25 heavy (non-hydrogen) atoms. The van der Waals surface area contributed by atoms with E-state index in [0.717, 1.165) is 35.2 Å². The molecule has 0 radical (unpaired) electrons. The largest absolute Gasteiger partial charge is 0.494 e. The Morgan fingerprint density at radius 1 is 1.12 bits per heavy atom. The van der Waals surface area contributed by atoms with Gasteiger partial charge in [0.2, 0.25) is 5.16 Å². The average molecular weight is 352 g/mol. The van der Waals surface area contributed by atoms with Crippen LogP contribution >= 0.6 is 11.8 Å². The van der Waals surface area contributed by atoms with Gasteiger partial charge in [-0.25, -0.2) is 0 Å². The molecule has 0 aliphatic carbocycles. The second kappa shape index (κ2) is 9.03. The molecule has 0 bridgehead atoms. The lowest BCUT2D eigenvalue weighted by Crippen LogP contribution is -1.95. The van der Waals surface area contributed by atoms with E-state index in [4.69, 9.17) is 4.74 Å². The molecule has 1 heterocycles. The van der Waals surface area contributed by atoms with Gasteiger partial charge in [0.1, 0.15) is 12.1 Å². The molecule has 6 heteroatoms. The maximum atomic E-state index is 5.58. The number of benzene rings is 2. The normalized spacial score (nSPS) is 11.1. The molecule has 0 saturated heterocycles. The van der Waals surface area contributed by atoms with Crippen LogP contribution in [0.15, 0.2) is 71.2 Å². The second-order valence-corrected chi connectivity index (χ2v) is 6.34. The van der Waals surface area contributed by atoms with Crippen LogP contribution in [-0.2, 0) is 5.75 Å². The summed E-state index contributed by atoms with van der Waals surface area (Å²) < 4.78 is 7.27. The Labute approximate surface area is 151 Å². The third-order valence-electron chi connectivity index (χ3n) is 3.40. The van der Waals surface area contributed by atoms with Crippen molar-refractivity contribution in [3.05, 3.63) is 72.1 Å². The number of rotatable bonds is 8. The molecule has 0 N–H and O–H groups in total.